The highest BCUT2D eigenvalue weighted by Gasteiger charge is 2.13. The third kappa shape index (κ3) is 13.6. The maximum absolute atomic E-state index is 5.86. The van der Waals surface area contributed by atoms with E-state index < -0.39 is 0 Å². The summed E-state index contributed by atoms with van der Waals surface area (Å²) < 4.78 is 0. The summed E-state index contributed by atoms with van der Waals surface area (Å²) in [5, 5.41) is 0.830. The van der Waals surface area contributed by atoms with Gasteiger partial charge in [-0.15, -0.1) is 0 Å². The summed E-state index contributed by atoms with van der Waals surface area (Å²) in [7, 11) is 0. The van der Waals surface area contributed by atoms with Gasteiger partial charge in [0.15, 0.2) is 0 Å². The van der Waals surface area contributed by atoms with E-state index in [0.717, 1.165) is 18.0 Å². The smallest absolute Gasteiger partial charge is 0.0406 e. The fourth-order valence-electron chi connectivity index (χ4n) is 2.00. The number of benzene rings is 1. The third-order valence-corrected chi connectivity index (χ3v) is 4.02. The van der Waals surface area contributed by atoms with Crippen LogP contribution in [-0.4, -0.2) is 6.54 Å². The lowest BCUT2D eigenvalue weighted by Crippen LogP contribution is -2.02. The van der Waals surface area contributed by atoms with Crippen molar-refractivity contribution in [1.29, 1.82) is 0 Å². The van der Waals surface area contributed by atoms with Gasteiger partial charge in [0.1, 0.15) is 0 Å². The molecule has 0 heterocycles. The number of unbranched alkanes of at least 4 members (excludes halogenated alkanes) is 1. The van der Waals surface area contributed by atoms with E-state index in [0.29, 0.717) is 5.92 Å². The van der Waals surface area contributed by atoms with Crippen LogP contribution in [0.3, 0.4) is 0 Å². The highest BCUT2D eigenvalue weighted by molar-refractivity contribution is 6.30. The molecule has 0 bridgehead atoms. The summed E-state index contributed by atoms with van der Waals surface area (Å²) in [6.45, 7) is 13.5. The topological polar surface area (TPSA) is 26.0 Å². The van der Waals surface area contributed by atoms with Gasteiger partial charge in [-0.25, -0.2) is 0 Å². The van der Waals surface area contributed by atoms with Gasteiger partial charge in [-0.1, -0.05) is 82.8 Å². The van der Waals surface area contributed by atoms with Gasteiger partial charge < -0.3 is 5.73 Å². The van der Waals surface area contributed by atoms with E-state index in [1.165, 1.54) is 43.2 Å². The molecule has 1 aliphatic rings. The van der Waals surface area contributed by atoms with Crippen LogP contribution in [0.4, 0.5) is 0 Å². The lowest BCUT2D eigenvalue weighted by Gasteiger charge is -2.20. The van der Waals surface area contributed by atoms with Crippen molar-refractivity contribution in [3.63, 3.8) is 0 Å². The Labute approximate surface area is 156 Å². The van der Waals surface area contributed by atoms with Crippen molar-refractivity contribution in [3.05, 3.63) is 46.5 Å². The van der Waals surface area contributed by atoms with E-state index in [2.05, 4.69) is 45.9 Å². The number of hydrogen-bond donors (Lipinski definition) is 1. The first-order valence-corrected chi connectivity index (χ1v) is 10.1. The van der Waals surface area contributed by atoms with E-state index in [-0.39, 0.29) is 0 Å². The Balaban J connectivity index is 0. The fraction of sp³-hybridized carbons (Fsp3) is 0.636. The van der Waals surface area contributed by atoms with Gasteiger partial charge in [0.05, 0.1) is 0 Å². The predicted molar refractivity (Wildman–Crippen MR) is 113 cm³/mol. The summed E-state index contributed by atoms with van der Waals surface area (Å²) in [6, 6.07) is 8.28. The quantitative estimate of drug-likeness (QED) is 0.552. The summed E-state index contributed by atoms with van der Waals surface area (Å²) in [5.74, 6) is 0.705. The zero-order valence-electron chi connectivity index (χ0n) is 16.9. The van der Waals surface area contributed by atoms with Crippen molar-refractivity contribution in [3.8, 4) is 0 Å². The van der Waals surface area contributed by atoms with Gasteiger partial charge >= 0.3 is 0 Å². The number of hydrogen-bond acceptors (Lipinski definition) is 1. The first-order chi connectivity index (χ1) is 11.6. The molecule has 1 aromatic rings. The van der Waals surface area contributed by atoms with E-state index in [1.54, 1.807) is 0 Å². The molecule has 1 nitrogen and oxygen atoms in total. The second-order valence-electron chi connectivity index (χ2n) is 5.86. The number of allylic oxidation sites excluding steroid dienone is 2. The molecule has 24 heavy (non-hydrogen) atoms. The molecule has 0 saturated carbocycles. The van der Waals surface area contributed by atoms with Crippen LogP contribution in [-0.2, 0) is 0 Å². The summed E-state index contributed by atoms with van der Waals surface area (Å²) in [5.41, 5.74) is 7.99. The highest BCUT2D eigenvalue weighted by Crippen LogP contribution is 2.32. The molecule has 0 radical (unpaired) electrons. The number of halogens is 1. The molecule has 140 valence electrons. The van der Waals surface area contributed by atoms with Crippen LogP contribution in [0.5, 0.6) is 0 Å². The predicted octanol–water partition coefficient (Wildman–Crippen LogP) is 7.74. The monoisotopic (exact) mass is 353 g/mol. The van der Waals surface area contributed by atoms with Crippen molar-refractivity contribution in [2.75, 3.05) is 6.54 Å². The Morgan fingerprint density at radius 2 is 1.50 bits per heavy atom. The average molecular weight is 354 g/mol. The molecule has 1 aliphatic carbocycles. The van der Waals surface area contributed by atoms with Crippen LogP contribution in [0.15, 0.2) is 35.9 Å². The molecule has 0 fully saturated rings. The second-order valence-corrected chi connectivity index (χ2v) is 6.30. The lowest BCUT2D eigenvalue weighted by atomic mass is 9.85. The van der Waals surface area contributed by atoms with Crippen LogP contribution in [0.1, 0.15) is 91.5 Å². The third-order valence-electron chi connectivity index (χ3n) is 3.77. The van der Waals surface area contributed by atoms with Crippen LogP contribution >= 0.6 is 11.6 Å². The molecule has 0 amide bonds. The van der Waals surface area contributed by atoms with E-state index >= 15 is 0 Å². The Morgan fingerprint density at radius 3 is 1.83 bits per heavy atom. The summed E-state index contributed by atoms with van der Waals surface area (Å²) in [6.07, 6.45) is 9.81. The van der Waals surface area contributed by atoms with E-state index in [1.807, 2.05) is 26.0 Å². The molecule has 0 spiro atoms. The molecule has 1 aromatic carbocycles. The largest absolute Gasteiger partial charge is 0.330 e. The molecular formula is C22H40ClN. The molecule has 1 atom stereocenters. The fourth-order valence-corrected chi connectivity index (χ4v) is 2.13. The Morgan fingerprint density at radius 1 is 1.00 bits per heavy atom. The van der Waals surface area contributed by atoms with E-state index in [4.69, 9.17) is 17.3 Å². The minimum Gasteiger partial charge on any atom is -0.330 e. The molecule has 0 aromatic heterocycles. The number of nitrogens with two attached hydrogens (primary N) is 1. The Bertz CT molecular complexity index is 387. The van der Waals surface area contributed by atoms with Crippen molar-refractivity contribution < 1.29 is 0 Å². The Kier molecular flexibility index (Phi) is 19.7. The Hall–Kier alpha value is -0.790. The zero-order chi connectivity index (χ0) is 18.8. The van der Waals surface area contributed by atoms with Crippen LogP contribution < -0.4 is 5.73 Å². The van der Waals surface area contributed by atoms with Crippen molar-refractivity contribution in [1.82, 2.24) is 0 Å². The van der Waals surface area contributed by atoms with Gasteiger partial charge in [0.2, 0.25) is 0 Å². The van der Waals surface area contributed by atoms with Crippen molar-refractivity contribution in [2.24, 2.45) is 5.73 Å². The normalized spacial score (nSPS) is 15.5. The molecule has 0 aliphatic heterocycles. The van der Waals surface area contributed by atoms with Gasteiger partial charge in [-0.2, -0.15) is 0 Å². The van der Waals surface area contributed by atoms with Gasteiger partial charge in [-0.05, 0) is 62.8 Å². The van der Waals surface area contributed by atoms with Crippen molar-refractivity contribution >= 4 is 11.6 Å². The molecule has 2 N–H and O–H groups in total. The standard InChI is InChI=1S/C13H15Cl.C4H10.C3H9N.C2H6/c1-10-2-4-11(5-3-10)12-6-8-13(14)9-7-12;1-3-4-2;1-2-3-4;1-2/h2,6-9,11H,3-5H2,1H3;3-4H2,1-2H3;2-4H2,1H3;1-2H3. The molecule has 2 heteroatoms. The first kappa shape index (κ1) is 25.5. The first-order valence-electron chi connectivity index (χ1n) is 9.70. The summed E-state index contributed by atoms with van der Waals surface area (Å²) in [4.78, 5) is 0. The van der Waals surface area contributed by atoms with Crippen LogP contribution in [0, 0.1) is 0 Å². The van der Waals surface area contributed by atoms with Gasteiger partial charge in [0, 0.05) is 5.02 Å². The lowest BCUT2D eigenvalue weighted by molar-refractivity contribution is 0.599. The van der Waals surface area contributed by atoms with Gasteiger partial charge in [0.25, 0.3) is 0 Å². The number of rotatable bonds is 3. The SMILES string of the molecule is CC.CC1=CCC(c2ccc(Cl)cc2)CC1.CCCC.CCCN. The zero-order valence-corrected chi connectivity index (χ0v) is 17.6. The highest BCUT2D eigenvalue weighted by atomic mass is 35.5. The average Bonchev–Trinajstić information content (AvgIpc) is 2.65. The van der Waals surface area contributed by atoms with Gasteiger partial charge in [-0.3, -0.25) is 0 Å². The van der Waals surface area contributed by atoms with Crippen LogP contribution in [0.25, 0.3) is 0 Å². The maximum atomic E-state index is 5.86. The minimum absolute atomic E-state index is 0.705. The second kappa shape index (κ2) is 18.5. The van der Waals surface area contributed by atoms with Crippen molar-refractivity contribution in [2.45, 2.75) is 86.0 Å². The van der Waals surface area contributed by atoms with Crippen LogP contribution in [0.2, 0.25) is 5.02 Å². The molecule has 0 saturated heterocycles. The summed E-state index contributed by atoms with van der Waals surface area (Å²) >= 11 is 5.86. The maximum Gasteiger partial charge on any atom is 0.0406 e. The molecule has 1 unspecified atom stereocenters. The molecular weight excluding hydrogens is 314 g/mol. The van der Waals surface area contributed by atoms with E-state index in [9.17, 15) is 0 Å². The molecule has 2 rings (SSSR count). The minimum atomic E-state index is 0.705.